The Morgan fingerprint density at radius 1 is 0.900 bits per heavy atom. The van der Waals surface area contributed by atoms with Crippen molar-refractivity contribution in [2.45, 2.75) is 25.2 Å². The van der Waals surface area contributed by atoms with Crippen LogP contribution < -0.4 is 5.56 Å². The Bertz CT molecular complexity index is 1650. The summed E-state index contributed by atoms with van der Waals surface area (Å²) in [4.78, 5) is 28.0. The van der Waals surface area contributed by atoms with Gasteiger partial charge in [-0.25, -0.2) is 9.48 Å². The lowest BCUT2D eigenvalue weighted by molar-refractivity contribution is -0.141. The fraction of sp³-hybridized carbons (Fsp3) is 0.148. The van der Waals surface area contributed by atoms with E-state index in [4.69, 9.17) is 5.11 Å². The van der Waals surface area contributed by atoms with Gasteiger partial charge in [0.25, 0.3) is 5.56 Å². The minimum absolute atomic E-state index is 0.00188. The maximum absolute atomic E-state index is 13.7. The fourth-order valence-corrected chi connectivity index (χ4v) is 4.05. The summed E-state index contributed by atoms with van der Waals surface area (Å²) in [5, 5.41) is 21.7. The first kappa shape index (κ1) is 28.2. The topological polar surface area (TPSA) is 108 Å². The third-order valence-electron chi connectivity index (χ3n) is 5.98. The quantitative estimate of drug-likeness (QED) is 0.185. The van der Waals surface area contributed by atoms with Crippen LogP contribution in [-0.2, 0) is 25.2 Å². The highest BCUT2D eigenvalue weighted by Crippen LogP contribution is 2.35. The zero-order valence-corrected chi connectivity index (χ0v) is 20.2. The number of carboxylic acid groups (broad SMARTS) is 1. The molecule has 3 aromatic carbocycles. The first-order valence-corrected chi connectivity index (χ1v) is 11.5. The van der Waals surface area contributed by atoms with Gasteiger partial charge in [-0.3, -0.25) is 14.9 Å². The number of hydrogen-bond donors (Lipinski definition) is 3. The van der Waals surface area contributed by atoms with Gasteiger partial charge in [0, 0.05) is 6.21 Å². The number of benzene rings is 3. The minimum atomic E-state index is -5.02. The minimum Gasteiger partial charge on any atom is -0.505 e. The van der Waals surface area contributed by atoms with E-state index in [0.717, 1.165) is 12.1 Å². The highest BCUT2D eigenvalue weighted by Gasteiger charge is 2.38. The van der Waals surface area contributed by atoms with Gasteiger partial charge in [-0.2, -0.15) is 26.3 Å². The number of nitrogens with one attached hydrogen (secondary N) is 1. The van der Waals surface area contributed by atoms with Crippen LogP contribution in [0.4, 0.5) is 32.0 Å². The van der Waals surface area contributed by atoms with Gasteiger partial charge in [0.1, 0.15) is 11.4 Å². The molecule has 40 heavy (non-hydrogen) atoms. The molecule has 4 aromatic rings. The average Bonchev–Trinajstić information content (AvgIpc) is 3.23. The van der Waals surface area contributed by atoms with Crippen LogP contribution in [-0.4, -0.2) is 32.2 Å². The standard InChI is InChI=1S/C27H19F6N3O4/c28-26(29,30)20-9-2-1-5-15(20)11-12-16-6-4-10-21(22(16)37)34-14-19-23(27(31,32)33)35-36(24(19)38)18-8-3-7-17(13-18)25(39)40/h1-10,13-14,35,37H,11-12H2,(H,39,40). The monoisotopic (exact) mass is 563 g/mol. The number of phenols is 1. The van der Waals surface area contributed by atoms with Crippen LogP contribution in [0, 0.1) is 0 Å². The number of aromatic carboxylic acids is 1. The second-order valence-corrected chi connectivity index (χ2v) is 8.59. The van der Waals surface area contributed by atoms with Crippen molar-refractivity contribution < 1.29 is 41.4 Å². The second-order valence-electron chi connectivity index (χ2n) is 8.59. The fourth-order valence-electron chi connectivity index (χ4n) is 4.05. The van der Waals surface area contributed by atoms with Gasteiger partial charge < -0.3 is 10.2 Å². The summed E-state index contributed by atoms with van der Waals surface area (Å²) in [5.74, 6) is -1.82. The molecular weight excluding hydrogens is 544 g/mol. The molecule has 0 aliphatic carbocycles. The van der Waals surface area contributed by atoms with E-state index in [9.17, 15) is 41.0 Å². The molecule has 0 bridgehead atoms. The van der Waals surface area contributed by atoms with E-state index in [0.29, 0.717) is 10.9 Å². The summed E-state index contributed by atoms with van der Waals surface area (Å²) in [6, 6.07) is 13.8. The normalized spacial score (nSPS) is 12.2. The first-order valence-electron chi connectivity index (χ1n) is 11.5. The Kier molecular flexibility index (Phi) is 7.58. The van der Waals surface area contributed by atoms with E-state index < -0.39 is 46.5 Å². The molecule has 1 heterocycles. The number of para-hydroxylation sites is 1. The number of aromatic nitrogens is 2. The summed E-state index contributed by atoms with van der Waals surface area (Å²) < 4.78 is 81.6. The van der Waals surface area contributed by atoms with E-state index in [2.05, 4.69) is 4.99 Å². The predicted molar refractivity (Wildman–Crippen MR) is 133 cm³/mol. The van der Waals surface area contributed by atoms with Gasteiger partial charge in [-0.05, 0) is 54.3 Å². The summed E-state index contributed by atoms with van der Waals surface area (Å²) >= 11 is 0. The lowest BCUT2D eigenvalue weighted by Crippen LogP contribution is -2.17. The summed E-state index contributed by atoms with van der Waals surface area (Å²) in [6.07, 6.45) is -9.11. The lowest BCUT2D eigenvalue weighted by atomic mass is 9.98. The van der Waals surface area contributed by atoms with E-state index in [1.165, 1.54) is 54.6 Å². The number of nitrogens with zero attached hydrogens (tertiary/aromatic N) is 2. The largest absolute Gasteiger partial charge is 0.505 e. The zero-order valence-electron chi connectivity index (χ0n) is 20.2. The van der Waals surface area contributed by atoms with Crippen molar-refractivity contribution in [3.63, 3.8) is 0 Å². The Balaban J connectivity index is 1.67. The molecule has 0 radical (unpaired) electrons. The Morgan fingerprint density at radius 2 is 1.55 bits per heavy atom. The number of hydrogen-bond acceptors (Lipinski definition) is 4. The zero-order chi connectivity index (χ0) is 29.2. The molecule has 0 aliphatic heterocycles. The number of alkyl halides is 6. The van der Waals surface area contributed by atoms with Crippen molar-refractivity contribution in [2.75, 3.05) is 0 Å². The van der Waals surface area contributed by atoms with Gasteiger partial charge in [0.2, 0.25) is 0 Å². The molecular formula is C27H19F6N3O4. The maximum Gasteiger partial charge on any atom is 0.433 e. The molecule has 7 nitrogen and oxygen atoms in total. The van der Waals surface area contributed by atoms with Crippen molar-refractivity contribution in [1.82, 2.24) is 9.78 Å². The predicted octanol–water partition coefficient (Wildman–Crippen LogP) is 6.14. The molecule has 0 fully saturated rings. The Hall–Kier alpha value is -4.81. The number of H-pyrrole nitrogens is 1. The SMILES string of the molecule is O=C(O)c1cccc(-n2[nH]c(C(F)(F)F)c(C=Nc3cccc(CCc4ccccc4C(F)(F)F)c3O)c2=O)c1. The number of halogens is 6. The molecule has 0 saturated carbocycles. The molecule has 0 amide bonds. The number of phenolic OH excluding ortho intramolecular Hbond substituents is 1. The number of carboxylic acids is 1. The second kappa shape index (κ2) is 10.8. The number of aromatic amines is 1. The van der Waals surface area contributed by atoms with E-state index >= 15 is 0 Å². The molecule has 0 atom stereocenters. The van der Waals surface area contributed by atoms with Crippen LogP contribution >= 0.6 is 0 Å². The highest BCUT2D eigenvalue weighted by atomic mass is 19.4. The van der Waals surface area contributed by atoms with E-state index in [-0.39, 0.29) is 40.9 Å². The average molecular weight is 563 g/mol. The van der Waals surface area contributed by atoms with Gasteiger partial charge in [-0.15, -0.1) is 0 Å². The van der Waals surface area contributed by atoms with Crippen molar-refractivity contribution in [1.29, 1.82) is 0 Å². The van der Waals surface area contributed by atoms with Gasteiger partial charge in [0.15, 0.2) is 5.69 Å². The van der Waals surface area contributed by atoms with Crippen molar-refractivity contribution in [2.24, 2.45) is 4.99 Å². The number of carbonyl (C=O) groups is 1. The molecule has 0 saturated heterocycles. The molecule has 1 aromatic heterocycles. The Morgan fingerprint density at radius 3 is 2.23 bits per heavy atom. The summed E-state index contributed by atoms with van der Waals surface area (Å²) in [7, 11) is 0. The van der Waals surface area contributed by atoms with Gasteiger partial charge >= 0.3 is 18.3 Å². The van der Waals surface area contributed by atoms with Crippen LogP contribution in [0.3, 0.4) is 0 Å². The number of aromatic hydroxyl groups is 1. The van der Waals surface area contributed by atoms with Gasteiger partial charge in [0.05, 0.1) is 22.4 Å². The Labute approximate surface area is 221 Å². The number of aryl methyl sites for hydroxylation is 2. The molecule has 0 spiro atoms. The molecule has 0 unspecified atom stereocenters. The van der Waals surface area contributed by atoms with Crippen molar-refractivity contribution in [3.05, 3.63) is 111 Å². The third-order valence-corrected chi connectivity index (χ3v) is 5.98. The number of rotatable bonds is 7. The molecule has 4 rings (SSSR count). The van der Waals surface area contributed by atoms with Crippen molar-refractivity contribution >= 4 is 17.9 Å². The van der Waals surface area contributed by atoms with Crippen LogP contribution in [0.5, 0.6) is 5.75 Å². The highest BCUT2D eigenvalue weighted by molar-refractivity contribution is 5.88. The van der Waals surface area contributed by atoms with Crippen LogP contribution in [0.15, 0.2) is 76.5 Å². The first-order chi connectivity index (χ1) is 18.8. The molecule has 0 aliphatic rings. The number of aliphatic imine (C=N–C) groups is 1. The van der Waals surface area contributed by atoms with Crippen molar-refractivity contribution in [3.8, 4) is 11.4 Å². The summed E-state index contributed by atoms with van der Waals surface area (Å²) in [5.41, 5.74) is -4.81. The molecule has 13 heteroatoms. The third kappa shape index (κ3) is 5.92. The van der Waals surface area contributed by atoms with Gasteiger partial charge in [-0.1, -0.05) is 36.4 Å². The lowest BCUT2D eigenvalue weighted by Gasteiger charge is -2.13. The van der Waals surface area contributed by atoms with E-state index in [1.807, 2.05) is 5.10 Å². The van der Waals surface area contributed by atoms with Crippen LogP contribution in [0.25, 0.3) is 5.69 Å². The summed E-state index contributed by atoms with van der Waals surface area (Å²) in [6.45, 7) is 0. The smallest absolute Gasteiger partial charge is 0.433 e. The molecule has 3 N–H and O–H groups in total. The van der Waals surface area contributed by atoms with Crippen LogP contribution in [0.1, 0.15) is 38.3 Å². The molecule has 208 valence electrons. The van der Waals surface area contributed by atoms with E-state index in [1.54, 1.807) is 0 Å². The van der Waals surface area contributed by atoms with Crippen LogP contribution in [0.2, 0.25) is 0 Å². The maximum atomic E-state index is 13.7.